The Bertz CT molecular complexity index is 556. The van der Waals surface area contributed by atoms with E-state index in [9.17, 15) is 0 Å². The molecule has 3 aliphatic carbocycles. The predicted octanol–water partition coefficient (Wildman–Crippen LogP) is 7.53. The molecule has 0 aromatic heterocycles. The Balaban J connectivity index is 1.24. The number of ether oxygens (including phenoxy) is 2. The van der Waals surface area contributed by atoms with Gasteiger partial charge in [-0.2, -0.15) is 0 Å². The van der Waals surface area contributed by atoms with E-state index in [1.807, 2.05) is 0 Å². The van der Waals surface area contributed by atoms with E-state index in [4.69, 9.17) is 9.47 Å². The minimum atomic E-state index is -0.948. The maximum atomic E-state index is 15.6. The Labute approximate surface area is 199 Å². The van der Waals surface area contributed by atoms with Gasteiger partial charge >= 0.3 is 0 Å². The molecule has 1 saturated heterocycles. The molecule has 5 heteroatoms. The van der Waals surface area contributed by atoms with Gasteiger partial charge in [0.25, 0.3) is 0 Å². The van der Waals surface area contributed by atoms with Gasteiger partial charge in [0, 0.05) is 23.7 Å². The summed E-state index contributed by atoms with van der Waals surface area (Å²) in [4.78, 5) is 0. The molecule has 4 rings (SSSR count). The largest absolute Gasteiger partial charge is 0.375 e. The molecule has 0 N–H and O–H groups in total. The van der Waals surface area contributed by atoms with Crippen molar-refractivity contribution in [2.45, 2.75) is 132 Å². The Hall–Kier alpha value is 0.130. The summed E-state index contributed by atoms with van der Waals surface area (Å²) in [5, 5.41) is -0.165. The molecule has 1 aliphatic heterocycles. The number of thioether (sulfide) groups is 1. The minimum absolute atomic E-state index is 0.0823. The maximum absolute atomic E-state index is 15.6. The minimum Gasteiger partial charge on any atom is -0.375 e. The van der Waals surface area contributed by atoms with Crippen LogP contribution in [0.2, 0.25) is 0 Å². The van der Waals surface area contributed by atoms with Crippen LogP contribution in [0.4, 0.5) is 8.78 Å². The van der Waals surface area contributed by atoms with Crippen molar-refractivity contribution in [1.29, 1.82) is 0 Å². The van der Waals surface area contributed by atoms with Crippen molar-refractivity contribution in [3.63, 3.8) is 0 Å². The highest BCUT2D eigenvalue weighted by atomic mass is 32.2. The monoisotopic (exact) mass is 472 g/mol. The number of alkyl halides is 2. The molecule has 0 aromatic rings. The first kappa shape index (κ1) is 25.2. The lowest BCUT2D eigenvalue weighted by atomic mass is 9.71. The lowest BCUT2D eigenvalue weighted by molar-refractivity contribution is -0.0639. The van der Waals surface area contributed by atoms with Crippen LogP contribution in [0.1, 0.15) is 97.3 Å². The Morgan fingerprint density at radius 3 is 1.88 bits per heavy atom. The fourth-order valence-corrected chi connectivity index (χ4v) is 8.98. The van der Waals surface area contributed by atoms with Crippen molar-refractivity contribution in [2.75, 3.05) is 13.2 Å². The van der Waals surface area contributed by atoms with Crippen LogP contribution in [0.3, 0.4) is 0 Å². The first-order valence-electron chi connectivity index (χ1n) is 13.8. The van der Waals surface area contributed by atoms with E-state index in [0.29, 0.717) is 24.4 Å². The standard InChI is InChI=1S/C27H46F2O2S/c1-3-5-6-7-16-30-22-14-12-20-21-13-15-23(25(29)27(21)32-26(20)24(22)28)31-17-19-10-8-18(4-2)9-11-19/h18-27H,3-17H2,1-2H3. The van der Waals surface area contributed by atoms with Gasteiger partial charge in [-0.05, 0) is 68.6 Å². The van der Waals surface area contributed by atoms with Crippen molar-refractivity contribution in [3.05, 3.63) is 0 Å². The highest BCUT2D eigenvalue weighted by molar-refractivity contribution is 8.00. The third-order valence-electron chi connectivity index (χ3n) is 9.03. The number of halogens is 2. The Kier molecular flexibility index (Phi) is 9.62. The fraction of sp³-hybridized carbons (Fsp3) is 1.00. The van der Waals surface area contributed by atoms with Crippen LogP contribution in [0.25, 0.3) is 0 Å². The van der Waals surface area contributed by atoms with Crippen LogP contribution in [0.15, 0.2) is 0 Å². The summed E-state index contributed by atoms with van der Waals surface area (Å²) in [5.41, 5.74) is 0. The van der Waals surface area contributed by atoms with Crippen LogP contribution in [0, 0.1) is 23.7 Å². The normalized spacial score (nSPS) is 44.2. The lowest BCUT2D eigenvalue weighted by Crippen LogP contribution is -2.45. The molecule has 1 heterocycles. The Morgan fingerprint density at radius 1 is 0.688 bits per heavy atom. The third kappa shape index (κ3) is 5.85. The summed E-state index contributed by atoms with van der Waals surface area (Å²) in [5.74, 6) is 2.13. The van der Waals surface area contributed by atoms with Crippen molar-refractivity contribution < 1.29 is 18.3 Å². The zero-order chi connectivity index (χ0) is 22.5. The molecule has 0 amide bonds. The molecule has 8 unspecified atom stereocenters. The van der Waals surface area contributed by atoms with Crippen molar-refractivity contribution in [3.8, 4) is 0 Å². The highest BCUT2D eigenvalue weighted by Gasteiger charge is 2.56. The van der Waals surface area contributed by atoms with Crippen molar-refractivity contribution in [2.24, 2.45) is 23.7 Å². The summed E-state index contributed by atoms with van der Waals surface area (Å²) >= 11 is 1.60. The van der Waals surface area contributed by atoms with E-state index in [1.165, 1.54) is 44.9 Å². The van der Waals surface area contributed by atoms with E-state index in [-0.39, 0.29) is 22.7 Å². The summed E-state index contributed by atoms with van der Waals surface area (Å²) in [7, 11) is 0. The second-order valence-corrected chi connectivity index (χ2v) is 12.4. The predicted molar refractivity (Wildman–Crippen MR) is 130 cm³/mol. The van der Waals surface area contributed by atoms with Gasteiger partial charge in [0.05, 0.1) is 12.2 Å². The van der Waals surface area contributed by atoms with Crippen molar-refractivity contribution >= 4 is 11.8 Å². The van der Waals surface area contributed by atoms with Gasteiger partial charge in [-0.3, -0.25) is 0 Å². The first-order valence-corrected chi connectivity index (χ1v) is 14.7. The van der Waals surface area contributed by atoms with Gasteiger partial charge < -0.3 is 9.47 Å². The van der Waals surface area contributed by atoms with Crippen LogP contribution < -0.4 is 0 Å². The molecule has 0 radical (unpaired) electrons. The quantitative estimate of drug-likeness (QED) is 0.306. The lowest BCUT2D eigenvalue weighted by Gasteiger charge is -2.39. The van der Waals surface area contributed by atoms with Gasteiger partial charge in [0.1, 0.15) is 12.3 Å². The number of fused-ring (bicyclic) bond motifs is 3. The molecule has 2 nitrogen and oxygen atoms in total. The fourth-order valence-electron chi connectivity index (χ4n) is 6.88. The molecule has 4 aliphatic rings. The first-order chi connectivity index (χ1) is 15.6. The number of unbranched alkanes of at least 4 members (excludes halogenated alkanes) is 3. The van der Waals surface area contributed by atoms with Gasteiger partial charge in [-0.15, -0.1) is 11.8 Å². The molecule has 8 atom stereocenters. The number of hydrogen-bond donors (Lipinski definition) is 0. The molecular formula is C27H46F2O2S. The summed E-state index contributed by atoms with van der Waals surface area (Å²) in [6.07, 6.45) is 12.1. The van der Waals surface area contributed by atoms with Gasteiger partial charge in [0.2, 0.25) is 0 Å². The molecule has 0 spiro atoms. The van der Waals surface area contributed by atoms with E-state index < -0.39 is 12.3 Å². The second kappa shape index (κ2) is 12.2. The molecule has 186 valence electrons. The smallest absolute Gasteiger partial charge is 0.138 e. The maximum Gasteiger partial charge on any atom is 0.138 e. The zero-order valence-electron chi connectivity index (χ0n) is 20.4. The van der Waals surface area contributed by atoms with Gasteiger partial charge in [-0.1, -0.05) is 52.4 Å². The van der Waals surface area contributed by atoms with E-state index >= 15 is 8.78 Å². The molecular weight excluding hydrogens is 426 g/mol. The summed E-state index contributed by atoms with van der Waals surface area (Å²) in [6, 6.07) is 0. The molecule has 3 saturated carbocycles. The highest BCUT2D eigenvalue weighted by Crippen LogP contribution is 2.56. The van der Waals surface area contributed by atoms with E-state index in [2.05, 4.69) is 13.8 Å². The van der Waals surface area contributed by atoms with Crippen molar-refractivity contribution in [1.82, 2.24) is 0 Å². The van der Waals surface area contributed by atoms with Crippen LogP contribution in [-0.4, -0.2) is 48.3 Å². The van der Waals surface area contributed by atoms with E-state index in [1.54, 1.807) is 11.8 Å². The molecule has 4 fully saturated rings. The third-order valence-corrected chi connectivity index (χ3v) is 10.9. The average molecular weight is 473 g/mol. The van der Waals surface area contributed by atoms with Crippen LogP contribution in [0.5, 0.6) is 0 Å². The zero-order valence-corrected chi connectivity index (χ0v) is 21.2. The van der Waals surface area contributed by atoms with Crippen LogP contribution in [-0.2, 0) is 9.47 Å². The topological polar surface area (TPSA) is 18.5 Å². The average Bonchev–Trinajstić information content (AvgIpc) is 3.20. The molecule has 32 heavy (non-hydrogen) atoms. The second-order valence-electron chi connectivity index (χ2n) is 11.1. The van der Waals surface area contributed by atoms with Gasteiger partial charge in [-0.25, -0.2) is 8.78 Å². The SMILES string of the molecule is CCCCCCOC1CCC2C3CCC(OCC4CCC(CC)CC4)C(F)C3SC2C1F. The summed E-state index contributed by atoms with van der Waals surface area (Å²) in [6.45, 7) is 5.87. The molecule has 0 bridgehead atoms. The number of rotatable bonds is 10. The summed E-state index contributed by atoms with van der Waals surface area (Å²) < 4.78 is 43.1. The van der Waals surface area contributed by atoms with Gasteiger partial charge in [0.15, 0.2) is 0 Å². The Morgan fingerprint density at radius 2 is 1.28 bits per heavy atom. The van der Waals surface area contributed by atoms with E-state index in [0.717, 1.165) is 51.0 Å². The number of hydrogen-bond acceptors (Lipinski definition) is 3. The van der Waals surface area contributed by atoms with Crippen LogP contribution >= 0.6 is 11.8 Å². The molecule has 0 aromatic carbocycles.